The Morgan fingerprint density at radius 1 is 1.17 bits per heavy atom. The van der Waals surface area contributed by atoms with Gasteiger partial charge in [0.15, 0.2) is 0 Å². The van der Waals surface area contributed by atoms with Crippen LogP contribution in [0.1, 0.15) is 24.0 Å². The monoisotopic (exact) mass is 329 g/mol. The molecule has 0 amide bonds. The molecule has 1 fully saturated rings. The van der Waals surface area contributed by atoms with Crippen LogP contribution in [0.15, 0.2) is 41.6 Å². The topological polar surface area (TPSA) is 38.2 Å². The number of thioether (sulfide) groups is 1. The molecule has 0 bridgehead atoms. The van der Waals surface area contributed by atoms with E-state index in [0.717, 1.165) is 30.4 Å². The maximum Gasteiger partial charge on any atom is 0.316 e. The van der Waals surface area contributed by atoms with Crippen molar-refractivity contribution in [2.75, 3.05) is 20.2 Å². The third-order valence-electron chi connectivity index (χ3n) is 4.19. The lowest BCUT2D eigenvalue weighted by atomic mass is 10.1. The van der Waals surface area contributed by atoms with Crippen LogP contribution in [-0.4, -0.2) is 40.3 Å². The zero-order chi connectivity index (χ0) is 16.1. The molecule has 1 aromatic carbocycles. The van der Waals surface area contributed by atoms with Gasteiger partial charge in [0.25, 0.3) is 0 Å². The molecular weight excluding hydrogens is 306 g/mol. The predicted molar refractivity (Wildman–Crippen MR) is 93.9 cm³/mol. The fourth-order valence-electron chi connectivity index (χ4n) is 2.84. The summed E-state index contributed by atoms with van der Waals surface area (Å²) < 4.78 is 5.00. The van der Waals surface area contributed by atoms with Crippen molar-refractivity contribution in [1.82, 2.24) is 14.9 Å². The van der Waals surface area contributed by atoms with E-state index in [2.05, 4.69) is 46.1 Å². The molecule has 1 aliphatic rings. The summed E-state index contributed by atoms with van der Waals surface area (Å²) in [5, 5.41) is 0.722. The van der Waals surface area contributed by atoms with E-state index in [9.17, 15) is 0 Å². The van der Waals surface area contributed by atoms with Crippen LogP contribution in [0.5, 0.6) is 6.01 Å². The molecule has 122 valence electrons. The Kier molecular flexibility index (Phi) is 5.51. The van der Waals surface area contributed by atoms with Gasteiger partial charge >= 0.3 is 6.01 Å². The fourth-order valence-corrected chi connectivity index (χ4v) is 4.06. The number of hydrogen-bond acceptors (Lipinski definition) is 5. The van der Waals surface area contributed by atoms with E-state index >= 15 is 0 Å². The lowest BCUT2D eigenvalue weighted by molar-refractivity contribution is 0.224. The number of rotatable bonds is 5. The van der Waals surface area contributed by atoms with Crippen LogP contribution in [0.4, 0.5) is 0 Å². The van der Waals surface area contributed by atoms with Gasteiger partial charge < -0.3 is 4.74 Å². The summed E-state index contributed by atoms with van der Waals surface area (Å²) in [4.78, 5) is 12.3. The van der Waals surface area contributed by atoms with Crippen LogP contribution in [0.25, 0.3) is 0 Å². The van der Waals surface area contributed by atoms with E-state index in [0.29, 0.717) is 6.01 Å². The zero-order valence-electron chi connectivity index (χ0n) is 13.7. The van der Waals surface area contributed by atoms with Crippen molar-refractivity contribution in [3.63, 3.8) is 0 Å². The van der Waals surface area contributed by atoms with E-state index in [1.807, 2.05) is 24.2 Å². The van der Waals surface area contributed by atoms with Crippen molar-refractivity contribution in [2.24, 2.45) is 0 Å². The van der Waals surface area contributed by atoms with Gasteiger partial charge in [-0.25, -0.2) is 9.97 Å². The molecule has 0 saturated carbocycles. The first-order chi connectivity index (χ1) is 11.2. The smallest absolute Gasteiger partial charge is 0.316 e. The molecule has 0 atom stereocenters. The highest BCUT2D eigenvalue weighted by molar-refractivity contribution is 8.00. The van der Waals surface area contributed by atoms with Crippen molar-refractivity contribution in [3.8, 4) is 6.01 Å². The zero-order valence-corrected chi connectivity index (χ0v) is 14.6. The van der Waals surface area contributed by atoms with Gasteiger partial charge in [-0.05, 0) is 44.5 Å². The summed E-state index contributed by atoms with van der Waals surface area (Å²) in [5.74, 6) is 0. The highest BCUT2D eigenvalue weighted by atomic mass is 32.2. The van der Waals surface area contributed by atoms with Crippen molar-refractivity contribution in [3.05, 3.63) is 47.8 Å². The number of likely N-dealkylation sites (tertiary alicyclic amines) is 1. The van der Waals surface area contributed by atoms with E-state index in [1.165, 1.54) is 23.3 Å². The number of aromatic nitrogens is 2. The molecule has 0 radical (unpaired) electrons. The van der Waals surface area contributed by atoms with Crippen LogP contribution in [-0.2, 0) is 6.54 Å². The molecule has 0 spiro atoms. The van der Waals surface area contributed by atoms with Crippen molar-refractivity contribution in [1.29, 1.82) is 0 Å². The summed E-state index contributed by atoms with van der Waals surface area (Å²) in [7, 11) is 1.59. The maximum absolute atomic E-state index is 5.00. The van der Waals surface area contributed by atoms with Gasteiger partial charge in [0.05, 0.1) is 7.11 Å². The predicted octanol–water partition coefficient (Wildman–Crippen LogP) is 3.55. The van der Waals surface area contributed by atoms with Gasteiger partial charge in [-0.3, -0.25) is 4.90 Å². The molecule has 4 nitrogen and oxygen atoms in total. The minimum atomic E-state index is 0.432. The molecule has 2 aromatic rings. The Balaban J connectivity index is 1.49. The average Bonchev–Trinajstić information content (AvgIpc) is 2.59. The Bertz CT molecular complexity index is 624. The highest BCUT2D eigenvalue weighted by Crippen LogP contribution is 2.32. The van der Waals surface area contributed by atoms with Gasteiger partial charge in [-0.15, -0.1) is 11.8 Å². The first-order valence-corrected chi connectivity index (χ1v) is 8.92. The van der Waals surface area contributed by atoms with Crippen LogP contribution in [0.2, 0.25) is 0 Å². The van der Waals surface area contributed by atoms with Crippen LogP contribution >= 0.6 is 11.8 Å². The Hall–Kier alpha value is -1.59. The summed E-state index contributed by atoms with van der Waals surface area (Å²) in [6.07, 6.45) is 6.19. The molecule has 1 saturated heterocycles. The quantitative estimate of drug-likeness (QED) is 0.839. The maximum atomic E-state index is 5.00. The lowest BCUT2D eigenvalue weighted by Crippen LogP contribution is -2.34. The molecule has 23 heavy (non-hydrogen) atoms. The van der Waals surface area contributed by atoms with Crippen molar-refractivity contribution in [2.45, 2.75) is 36.5 Å². The minimum Gasteiger partial charge on any atom is -0.467 e. The molecule has 2 heterocycles. The van der Waals surface area contributed by atoms with E-state index in [4.69, 9.17) is 4.74 Å². The Morgan fingerprint density at radius 2 is 1.87 bits per heavy atom. The number of methoxy groups -OCH3 is 1. The van der Waals surface area contributed by atoms with E-state index in [-0.39, 0.29) is 0 Å². The third-order valence-corrected chi connectivity index (χ3v) is 5.71. The van der Waals surface area contributed by atoms with E-state index in [1.54, 1.807) is 7.11 Å². The van der Waals surface area contributed by atoms with Gasteiger partial charge in [0, 0.05) is 34.6 Å². The van der Waals surface area contributed by atoms with E-state index < -0.39 is 0 Å². The van der Waals surface area contributed by atoms with Crippen molar-refractivity contribution < 1.29 is 4.74 Å². The fraction of sp³-hybridized carbons (Fsp3) is 0.444. The summed E-state index contributed by atoms with van der Waals surface area (Å²) >= 11 is 2.04. The second-order valence-corrected chi connectivity index (χ2v) is 7.28. The van der Waals surface area contributed by atoms with Crippen LogP contribution in [0.3, 0.4) is 0 Å². The number of nitrogens with zero attached hydrogens (tertiary/aromatic N) is 3. The Morgan fingerprint density at radius 3 is 2.52 bits per heavy atom. The number of aryl methyl sites for hydroxylation is 1. The lowest BCUT2D eigenvalue weighted by Gasteiger charge is -2.31. The number of piperidine rings is 1. The number of benzene rings is 1. The normalized spacial score (nSPS) is 16.4. The van der Waals surface area contributed by atoms with Gasteiger partial charge in [-0.2, -0.15) is 0 Å². The standard InChI is InChI=1S/C18H23N3OS/c1-14-5-3-4-6-17(14)23-16-7-9-21(10-8-16)13-15-11-19-18(22-2)20-12-15/h3-6,11-12,16H,7-10,13H2,1-2H3. The number of ether oxygens (including phenoxy) is 1. The average molecular weight is 329 g/mol. The molecule has 0 unspecified atom stereocenters. The summed E-state index contributed by atoms with van der Waals surface area (Å²) in [6, 6.07) is 9.11. The summed E-state index contributed by atoms with van der Waals surface area (Å²) in [6.45, 7) is 5.39. The molecule has 0 aliphatic carbocycles. The Labute approximate surface area is 142 Å². The molecule has 1 aliphatic heterocycles. The van der Waals surface area contributed by atoms with Crippen molar-refractivity contribution >= 4 is 11.8 Å². The molecule has 1 aromatic heterocycles. The molecule has 5 heteroatoms. The SMILES string of the molecule is COc1ncc(CN2CCC(Sc3ccccc3C)CC2)cn1. The second-order valence-electron chi connectivity index (χ2n) is 5.94. The molecule has 3 rings (SSSR count). The van der Waals surface area contributed by atoms with Gasteiger partial charge in [-0.1, -0.05) is 18.2 Å². The van der Waals surface area contributed by atoms with Crippen LogP contribution < -0.4 is 4.74 Å². The largest absolute Gasteiger partial charge is 0.467 e. The van der Waals surface area contributed by atoms with Gasteiger partial charge in [0.1, 0.15) is 0 Å². The van der Waals surface area contributed by atoms with Crippen LogP contribution in [0, 0.1) is 6.92 Å². The first-order valence-electron chi connectivity index (χ1n) is 8.04. The van der Waals surface area contributed by atoms with Gasteiger partial charge in [0.2, 0.25) is 0 Å². The first kappa shape index (κ1) is 16.3. The minimum absolute atomic E-state index is 0.432. The highest BCUT2D eigenvalue weighted by Gasteiger charge is 2.20. The third kappa shape index (κ3) is 4.45. The molecular formula is C18H23N3OS. The molecule has 0 N–H and O–H groups in total. The second kappa shape index (κ2) is 7.79. The number of hydrogen-bond donors (Lipinski definition) is 0. The summed E-state index contributed by atoms with van der Waals surface area (Å²) in [5.41, 5.74) is 2.53.